The Hall–Kier alpha value is -2.31. The molecule has 0 bridgehead atoms. The lowest BCUT2D eigenvalue weighted by Gasteiger charge is -2.09. The van der Waals surface area contributed by atoms with Crippen molar-refractivity contribution in [2.45, 2.75) is 13.5 Å². The van der Waals surface area contributed by atoms with Crippen LogP contribution in [0.15, 0.2) is 41.1 Å². The summed E-state index contributed by atoms with van der Waals surface area (Å²) in [6.07, 6.45) is 1.59. The van der Waals surface area contributed by atoms with Gasteiger partial charge in [-0.3, -0.25) is 4.79 Å². The summed E-state index contributed by atoms with van der Waals surface area (Å²) < 4.78 is 6.56. The van der Waals surface area contributed by atoms with Crippen molar-refractivity contribution in [3.05, 3.63) is 63.6 Å². The van der Waals surface area contributed by atoms with E-state index in [9.17, 15) is 4.79 Å². The van der Waals surface area contributed by atoms with E-state index < -0.39 is 5.91 Å². The van der Waals surface area contributed by atoms with Crippen molar-refractivity contribution in [1.82, 2.24) is 14.9 Å². The third kappa shape index (κ3) is 3.55. The number of rotatable bonds is 4. The van der Waals surface area contributed by atoms with E-state index in [1.807, 2.05) is 6.07 Å². The van der Waals surface area contributed by atoms with Gasteiger partial charge in [-0.2, -0.15) is 5.10 Å². The molecule has 0 aliphatic carbocycles. The summed E-state index contributed by atoms with van der Waals surface area (Å²) in [5, 5.41) is 11.7. The number of aryl methyl sites for hydroxylation is 1. The minimum Gasteiger partial charge on any atom is -0.351 e. The number of hydrogen-bond acceptors (Lipinski definition) is 4. The monoisotopic (exact) mass is 350 g/mol. The molecule has 1 aromatic carbocycles. The molecule has 0 aliphatic heterocycles. The highest BCUT2D eigenvalue weighted by atomic mass is 35.5. The van der Waals surface area contributed by atoms with E-state index in [-0.39, 0.29) is 5.76 Å². The van der Waals surface area contributed by atoms with Gasteiger partial charge in [0.05, 0.1) is 18.4 Å². The zero-order valence-electron chi connectivity index (χ0n) is 12.1. The van der Waals surface area contributed by atoms with Gasteiger partial charge in [0, 0.05) is 22.2 Å². The van der Waals surface area contributed by atoms with Crippen molar-refractivity contribution in [2.75, 3.05) is 5.32 Å². The van der Waals surface area contributed by atoms with E-state index in [1.54, 1.807) is 42.1 Å². The Morgan fingerprint density at radius 1 is 1.30 bits per heavy atom. The topological polar surface area (TPSA) is 73.0 Å². The zero-order valence-corrected chi connectivity index (χ0v) is 13.6. The number of benzene rings is 1. The van der Waals surface area contributed by atoms with Crippen molar-refractivity contribution < 1.29 is 9.32 Å². The first-order valence-corrected chi connectivity index (χ1v) is 7.49. The summed E-state index contributed by atoms with van der Waals surface area (Å²) in [6, 6.07) is 8.48. The predicted octanol–water partition coefficient (Wildman–Crippen LogP) is 3.79. The Morgan fingerprint density at radius 2 is 2.13 bits per heavy atom. The number of halogens is 2. The molecule has 23 heavy (non-hydrogen) atoms. The maximum Gasteiger partial charge on any atom is 0.295 e. The maximum absolute atomic E-state index is 12.1. The first-order chi connectivity index (χ1) is 11.0. The van der Waals surface area contributed by atoms with Crippen LogP contribution in [0.5, 0.6) is 0 Å². The number of amides is 1. The lowest BCUT2D eigenvalue weighted by molar-refractivity contribution is 0.0987. The van der Waals surface area contributed by atoms with Crippen LogP contribution in [0.1, 0.15) is 21.8 Å². The third-order valence-electron chi connectivity index (χ3n) is 3.15. The Morgan fingerprint density at radius 3 is 2.83 bits per heavy atom. The van der Waals surface area contributed by atoms with Crippen molar-refractivity contribution in [3.8, 4) is 0 Å². The highest BCUT2D eigenvalue weighted by Crippen LogP contribution is 2.22. The van der Waals surface area contributed by atoms with Gasteiger partial charge in [0.2, 0.25) is 5.76 Å². The average Bonchev–Trinajstić information content (AvgIpc) is 3.11. The first kappa shape index (κ1) is 15.6. The Labute approximate surface area is 142 Å². The van der Waals surface area contributed by atoms with Gasteiger partial charge in [0.15, 0.2) is 0 Å². The number of anilines is 1. The quantitative estimate of drug-likeness (QED) is 0.776. The molecule has 6 nitrogen and oxygen atoms in total. The average molecular weight is 351 g/mol. The number of carbonyl (C=O) groups excluding carboxylic acids is 1. The number of hydrogen-bond donors (Lipinski definition) is 1. The minimum atomic E-state index is -0.394. The second-order valence-electron chi connectivity index (χ2n) is 4.90. The van der Waals surface area contributed by atoms with Gasteiger partial charge in [-0.15, -0.1) is 0 Å². The zero-order chi connectivity index (χ0) is 16.4. The van der Waals surface area contributed by atoms with E-state index >= 15 is 0 Å². The first-order valence-electron chi connectivity index (χ1n) is 6.73. The SMILES string of the molecule is Cc1cc(C(=O)Nc2ccnn2Cc2ccc(Cl)cc2Cl)on1. The molecule has 1 N–H and O–H groups in total. The molecular formula is C15H12Cl2N4O2. The van der Waals surface area contributed by atoms with Crippen molar-refractivity contribution in [1.29, 1.82) is 0 Å². The number of nitrogens with zero attached hydrogens (tertiary/aromatic N) is 3. The summed E-state index contributed by atoms with van der Waals surface area (Å²) in [5.74, 6) is 0.268. The van der Waals surface area contributed by atoms with Gasteiger partial charge >= 0.3 is 0 Å². The van der Waals surface area contributed by atoms with Gasteiger partial charge in [-0.25, -0.2) is 4.68 Å². The predicted molar refractivity (Wildman–Crippen MR) is 87.0 cm³/mol. The molecule has 118 valence electrons. The molecule has 1 amide bonds. The van der Waals surface area contributed by atoms with E-state index in [0.717, 1.165) is 5.56 Å². The molecule has 2 heterocycles. The van der Waals surface area contributed by atoms with Crippen LogP contribution < -0.4 is 5.32 Å². The third-order valence-corrected chi connectivity index (χ3v) is 3.73. The van der Waals surface area contributed by atoms with Crippen LogP contribution in [-0.2, 0) is 6.54 Å². The van der Waals surface area contributed by atoms with Crippen LogP contribution in [0.25, 0.3) is 0 Å². The molecule has 0 saturated heterocycles. The molecule has 0 atom stereocenters. The molecule has 0 saturated carbocycles. The lowest BCUT2D eigenvalue weighted by atomic mass is 10.2. The van der Waals surface area contributed by atoms with Crippen LogP contribution in [0.2, 0.25) is 10.0 Å². The van der Waals surface area contributed by atoms with Gasteiger partial charge in [0.25, 0.3) is 5.91 Å². The highest BCUT2D eigenvalue weighted by Gasteiger charge is 2.14. The molecular weight excluding hydrogens is 339 g/mol. The van der Waals surface area contributed by atoms with E-state index in [4.69, 9.17) is 27.7 Å². The molecule has 3 aromatic rings. The number of carbonyl (C=O) groups is 1. The largest absolute Gasteiger partial charge is 0.351 e. The summed E-state index contributed by atoms with van der Waals surface area (Å²) in [6.45, 7) is 2.14. The normalized spacial score (nSPS) is 10.7. The molecule has 0 spiro atoms. The molecule has 0 aliphatic rings. The summed E-state index contributed by atoms with van der Waals surface area (Å²) in [7, 11) is 0. The van der Waals surface area contributed by atoms with Gasteiger partial charge in [-0.1, -0.05) is 34.4 Å². The van der Waals surface area contributed by atoms with Crippen LogP contribution in [0.3, 0.4) is 0 Å². The highest BCUT2D eigenvalue weighted by molar-refractivity contribution is 6.35. The van der Waals surface area contributed by atoms with Crippen LogP contribution in [-0.4, -0.2) is 20.8 Å². The summed E-state index contributed by atoms with van der Waals surface area (Å²) >= 11 is 12.1. The number of aromatic nitrogens is 3. The van der Waals surface area contributed by atoms with Gasteiger partial charge in [-0.05, 0) is 24.6 Å². The summed E-state index contributed by atoms with van der Waals surface area (Å²) in [5.41, 5.74) is 1.47. The molecule has 8 heteroatoms. The molecule has 3 rings (SSSR count). The molecule has 0 fully saturated rings. The second kappa shape index (κ2) is 6.44. The van der Waals surface area contributed by atoms with Crippen LogP contribution in [0.4, 0.5) is 5.82 Å². The standard InChI is InChI=1S/C15H12Cl2N4O2/c1-9-6-13(23-20-9)15(22)19-14-4-5-18-21(14)8-10-2-3-11(16)7-12(10)17/h2-7H,8H2,1H3,(H,19,22). The maximum atomic E-state index is 12.1. The lowest BCUT2D eigenvalue weighted by Crippen LogP contribution is -2.15. The summed E-state index contributed by atoms with van der Waals surface area (Å²) in [4.78, 5) is 12.1. The van der Waals surface area contributed by atoms with Crippen LogP contribution >= 0.6 is 23.2 Å². The van der Waals surface area contributed by atoms with Gasteiger partial charge in [0.1, 0.15) is 5.82 Å². The second-order valence-corrected chi connectivity index (χ2v) is 5.74. The fourth-order valence-electron chi connectivity index (χ4n) is 2.02. The molecule has 2 aromatic heterocycles. The van der Waals surface area contributed by atoms with Crippen LogP contribution in [0, 0.1) is 6.92 Å². The smallest absolute Gasteiger partial charge is 0.295 e. The van der Waals surface area contributed by atoms with E-state index in [0.29, 0.717) is 28.1 Å². The van der Waals surface area contributed by atoms with E-state index in [1.165, 1.54) is 0 Å². The van der Waals surface area contributed by atoms with Crippen molar-refractivity contribution in [3.63, 3.8) is 0 Å². The number of nitrogens with one attached hydrogen (secondary N) is 1. The van der Waals surface area contributed by atoms with Crippen molar-refractivity contribution in [2.24, 2.45) is 0 Å². The fourth-order valence-corrected chi connectivity index (χ4v) is 2.49. The Kier molecular flexibility index (Phi) is 4.36. The minimum absolute atomic E-state index is 0.139. The Balaban J connectivity index is 1.78. The van der Waals surface area contributed by atoms with E-state index in [2.05, 4.69) is 15.6 Å². The van der Waals surface area contributed by atoms with Gasteiger partial charge < -0.3 is 9.84 Å². The Bertz CT molecular complexity index is 857. The van der Waals surface area contributed by atoms with Crippen molar-refractivity contribution >= 4 is 34.9 Å². The molecule has 0 unspecified atom stereocenters. The molecule has 0 radical (unpaired) electrons. The fraction of sp³-hybridized carbons (Fsp3) is 0.133.